The molecule has 0 aliphatic carbocycles. The maximum atomic E-state index is 13.3. The van der Waals surface area contributed by atoms with E-state index in [0.29, 0.717) is 11.6 Å². The molecule has 0 bridgehead atoms. The van der Waals surface area contributed by atoms with Gasteiger partial charge >= 0.3 is 0 Å². The third-order valence-electron chi connectivity index (χ3n) is 3.20. The van der Waals surface area contributed by atoms with Gasteiger partial charge in [-0.25, -0.2) is 4.39 Å². The predicted octanol–water partition coefficient (Wildman–Crippen LogP) is 3.46. The van der Waals surface area contributed by atoms with Gasteiger partial charge in [0.25, 0.3) is 0 Å². The highest BCUT2D eigenvalue weighted by atomic mass is 32.2. The van der Waals surface area contributed by atoms with E-state index in [4.69, 9.17) is 0 Å². The summed E-state index contributed by atoms with van der Waals surface area (Å²) in [7, 11) is 2.00. The first-order valence-electron chi connectivity index (χ1n) is 6.20. The molecule has 4 heteroatoms. The third-order valence-corrected chi connectivity index (χ3v) is 3.92. The van der Waals surface area contributed by atoms with Crippen molar-refractivity contribution in [1.29, 1.82) is 0 Å². The summed E-state index contributed by atoms with van der Waals surface area (Å²) in [5, 5.41) is 9.76. The van der Waals surface area contributed by atoms with Crippen molar-refractivity contribution in [3.63, 3.8) is 0 Å². The summed E-state index contributed by atoms with van der Waals surface area (Å²) >= 11 is 1.80. The molecular weight excluding hydrogens is 249 g/mol. The first-order valence-corrected chi connectivity index (χ1v) is 7.59. The molecule has 2 atom stereocenters. The number of hydrogen-bond donors (Lipinski definition) is 1. The number of aliphatic hydroxyl groups is 1. The summed E-state index contributed by atoms with van der Waals surface area (Å²) in [4.78, 5) is 2.14. The maximum absolute atomic E-state index is 13.3. The van der Waals surface area contributed by atoms with Gasteiger partial charge in [-0.2, -0.15) is 11.8 Å². The second kappa shape index (κ2) is 7.00. The summed E-state index contributed by atoms with van der Waals surface area (Å²) in [6, 6.07) is 5.01. The molecule has 0 radical (unpaired) electrons. The minimum absolute atomic E-state index is 0.305. The smallest absolute Gasteiger partial charge is 0.123 e. The van der Waals surface area contributed by atoms with Gasteiger partial charge in [0.15, 0.2) is 0 Å². The van der Waals surface area contributed by atoms with E-state index < -0.39 is 6.10 Å². The largest absolute Gasteiger partial charge is 0.389 e. The van der Waals surface area contributed by atoms with Gasteiger partial charge in [0.1, 0.15) is 5.82 Å². The highest BCUT2D eigenvalue weighted by Gasteiger charge is 2.18. The Labute approximate surface area is 113 Å². The molecule has 0 aliphatic heterocycles. The molecule has 0 amide bonds. The van der Waals surface area contributed by atoms with Crippen LogP contribution in [0.4, 0.5) is 10.1 Å². The Bertz CT molecular complexity index is 384. The van der Waals surface area contributed by atoms with Crippen molar-refractivity contribution in [2.75, 3.05) is 24.0 Å². The highest BCUT2D eigenvalue weighted by molar-refractivity contribution is 7.98. The first kappa shape index (κ1) is 15.3. The fourth-order valence-corrected chi connectivity index (χ4v) is 2.92. The third kappa shape index (κ3) is 3.62. The molecule has 18 heavy (non-hydrogen) atoms. The zero-order chi connectivity index (χ0) is 13.7. The Morgan fingerprint density at radius 1 is 1.44 bits per heavy atom. The number of anilines is 1. The molecule has 1 rings (SSSR count). The number of rotatable bonds is 6. The number of aliphatic hydroxyl groups excluding tert-OH is 1. The summed E-state index contributed by atoms with van der Waals surface area (Å²) < 4.78 is 13.3. The molecule has 0 heterocycles. The zero-order valence-corrected chi connectivity index (χ0v) is 12.3. The van der Waals surface area contributed by atoms with E-state index in [1.807, 2.05) is 7.05 Å². The molecule has 102 valence electrons. The lowest BCUT2D eigenvalue weighted by Crippen LogP contribution is -2.34. The molecule has 0 aliphatic rings. The average Bonchev–Trinajstić information content (AvgIpc) is 2.35. The topological polar surface area (TPSA) is 23.5 Å². The lowest BCUT2D eigenvalue weighted by Gasteiger charge is -2.31. The van der Waals surface area contributed by atoms with Gasteiger partial charge in [0, 0.05) is 30.1 Å². The van der Waals surface area contributed by atoms with Crippen molar-refractivity contribution in [1.82, 2.24) is 0 Å². The highest BCUT2D eigenvalue weighted by Crippen LogP contribution is 2.29. The Kier molecular flexibility index (Phi) is 5.96. The molecular formula is C14H22FNOS. The first-order chi connectivity index (χ1) is 8.51. The second-order valence-corrected chi connectivity index (χ2v) is 5.42. The average molecular weight is 271 g/mol. The molecule has 1 aromatic rings. The van der Waals surface area contributed by atoms with E-state index in [1.165, 1.54) is 12.1 Å². The lowest BCUT2D eigenvalue weighted by molar-refractivity contribution is 0.199. The number of benzene rings is 1. The minimum Gasteiger partial charge on any atom is -0.389 e. The Morgan fingerprint density at radius 2 is 2.11 bits per heavy atom. The van der Waals surface area contributed by atoms with Gasteiger partial charge in [-0.1, -0.05) is 6.92 Å². The SMILES string of the molecule is CCC(CSC)N(C)c1ccc(F)cc1[C@H](C)O. The van der Waals surface area contributed by atoms with Crippen molar-refractivity contribution in [3.05, 3.63) is 29.6 Å². The summed E-state index contributed by atoms with van der Waals surface area (Å²) in [6.45, 7) is 3.81. The van der Waals surface area contributed by atoms with E-state index in [-0.39, 0.29) is 5.82 Å². The van der Waals surface area contributed by atoms with Crippen LogP contribution in [0.3, 0.4) is 0 Å². The Morgan fingerprint density at radius 3 is 2.61 bits per heavy atom. The van der Waals surface area contributed by atoms with Crippen molar-refractivity contribution >= 4 is 17.4 Å². The molecule has 0 fully saturated rings. The molecule has 0 saturated heterocycles. The van der Waals surface area contributed by atoms with Crippen LogP contribution in [0.2, 0.25) is 0 Å². The molecule has 0 saturated carbocycles. The Hall–Kier alpha value is -0.740. The van der Waals surface area contributed by atoms with Gasteiger partial charge in [-0.05, 0) is 37.8 Å². The monoisotopic (exact) mass is 271 g/mol. The van der Waals surface area contributed by atoms with Crippen LogP contribution in [0.1, 0.15) is 31.9 Å². The van der Waals surface area contributed by atoms with E-state index in [9.17, 15) is 9.50 Å². The second-order valence-electron chi connectivity index (χ2n) is 4.51. The van der Waals surface area contributed by atoms with Crippen LogP contribution >= 0.6 is 11.8 Å². The molecule has 2 nitrogen and oxygen atoms in total. The van der Waals surface area contributed by atoms with Crippen LogP contribution in [0.15, 0.2) is 18.2 Å². The van der Waals surface area contributed by atoms with E-state index in [1.54, 1.807) is 24.8 Å². The van der Waals surface area contributed by atoms with Gasteiger partial charge in [0.05, 0.1) is 6.10 Å². The molecule has 1 aromatic carbocycles. The standard InChI is InChI=1S/C14H22FNOS/c1-5-12(9-18-4)16(3)14-7-6-11(15)8-13(14)10(2)17/h6-8,10,12,17H,5,9H2,1-4H3/t10-,12?/m0/s1. The normalized spacial score (nSPS) is 14.3. The van der Waals surface area contributed by atoms with Crippen LogP contribution in [0.5, 0.6) is 0 Å². The van der Waals surface area contributed by atoms with Crippen LogP contribution in [-0.2, 0) is 0 Å². The lowest BCUT2D eigenvalue weighted by atomic mass is 10.1. The molecule has 1 unspecified atom stereocenters. The van der Waals surface area contributed by atoms with Crippen LogP contribution in [0.25, 0.3) is 0 Å². The summed E-state index contributed by atoms with van der Waals surface area (Å²) in [5.74, 6) is 0.713. The predicted molar refractivity (Wildman–Crippen MR) is 77.9 cm³/mol. The van der Waals surface area contributed by atoms with Crippen LogP contribution in [0, 0.1) is 5.82 Å². The number of hydrogen-bond acceptors (Lipinski definition) is 3. The minimum atomic E-state index is -0.662. The zero-order valence-electron chi connectivity index (χ0n) is 11.5. The van der Waals surface area contributed by atoms with Gasteiger partial charge in [-0.15, -0.1) is 0 Å². The number of thioether (sulfide) groups is 1. The molecule has 1 N–H and O–H groups in total. The summed E-state index contributed by atoms with van der Waals surface area (Å²) in [6.07, 6.45) is 2.44. The fraction of sp³-hybridized carbons (Fsp3) is 0.571. The van der Waals surface area contributed by atoms with Crippen molar-refractivity contribution < 1.29 is 9.50 Å². The van der Waals surface area contributed by atoms with Gasteiger partial charge in [0.2, 0.25) is 0 Å². The number of nitrogens with zero attached hydrogens (tertiary/aromatic N) is 1. The Balaban J connectivity index is 3.07. The molecule has 0 aromatic heterocycles. The molecule has 0 spiro atoms. The van der Waals surface area contributed by atoms with Crippen LogP contribution in [-0.4, -0.2) is 30.2 Å². The van der Waals surface area contributed by atoms with Crippen molar-refractivity contribution in [3.8, 4) is 0 Å². The van der Waals surface area contributed by atoms with Crippen LogP contribution < -0.4 is 4.90 Å². The van der Waals surface area contributed by atoms with Gasteiger partial charge in [-0.3, -0.25) is 0 Å². The fourth-order valence-electron chi connectivity index (χ4n) is 2.07. The quantitative estimate of drug-likeness (QED) is 0.857. The van der Waals surface area contributed by atoms with E-state index in [2.05, 4.69) is 18.1 Å². The van der Waals surface area contributed by atoms with Gasteiger partial charge < -0.3 is 10.0 Å². The van der Waals surface area contributed by atoms with E-state index >= 15 is 0 Å². The maximum Gasteiger partial charge on any atom is 0.123 e. The van der Waals surface area contributed by atoms with E-state index in [0.717, 1.165) is 17.9 Å². The van der Waals surface area contributed by atoms with Crippen molar-refractivity contribution in [2.24, 2.45) is 0 Å². The number of halogens is 1. The summed E-state index contributed by atoms with van der Waals surface area (Å²) in [5.41, 5.74) is 1.56. The van der Waals surface area contributed by atoms with Crippen molar-refractivity contribution in [2.45, 2.75) is 32.4 Å².